The van der Waals surface area contributed by atoms with Gasteiger partial charge in [0.05, 0.1) is 24.0 Å². The summed E-state index contributed by atoms with van der Waals surface area (Å²) in [5.41, 5.74) is 6.48. The number of rotatable bonds is 4. The summed E-state index contributed by atoms with van der Waals surface area (Å²) >= 11 is 0. The predicted octanol–water partition coefficient (Wildman–Crippen LogP) is 3.70. The van der Waals surface area contributed by atoms with E-state index in [4.69, 9.17) is 24.7 Å². The molecule has 0 fully saturated rings. The molecule has 1 aliphatic rings. The minimum absolute atomic E-state index is 0.00496. The Bertz CT molecular complexity index is 1130. The highest BCUT2D eigenvalue weighted by molar-refractivity contribution is 6.04. The fourth-order valence-corrected chi connectivity index (χ4v) is 4.88. The molecule has 2 bridgehead atoms. The van der Waals surface area contributed by atoms with Gasteiger partial charge >= 0.3 is 6.09 Å². The number of hydrogen-bond acceptors (Lipinski definition) is 9. The van der Waals surface area contributed by atoms with Gasteiger partial charge in [-0.15, -0.1) is 0 Å². The Morgan fingerprint density at radius 3 is 2.30 bits per heavy atom. The summed E-state index contributed by atoms with van der Waals surface area (Å²) in [7, 11) is 4.39. The van der Waals surface area contributed by atoms with E-state index in [1.807, 2.05) is 6.92 Å². The fourth-order valence-electron chi connectivity index (χ4n) is 4.88. The van der Waals surface area contributed by atoms with Crippen molar-refractivity contribution in [1.82, 2.24) is 0 Å². The lowest BCUT2D eigenvalue weighted by Gasteiger charge is -2.32. The van der Waals surface area contributed by atoms with E-state index < -0.39 is 48.4 Å². The Morgan fingerprint density at radius 1 is 1.05 bits per heavy atom. The van der Waals surface area contributed by atoms with Crippen molar-refractivity contribution in [2.45, 2.75) is 64.6 Å². The SMILES string of the molecule is CO[C@H]1/C=C\C=C(\C)C(=O)Nc2cc(O)cc(c2O)[C@H](OC)[C@@H](C)C[C@H](OC)[C@H](O)[C@@H](C)/C=C(/C)[C@@H]1OC(N)=O. The van der Waals surface area contributed by atoms with Crippen molar-refractivity contribution in [2.75, 3.05) is 26.6 Å². The van der Waals surface area contributed by atoms with Crippen LogP contribution >= 0.6 is 0 Å². The van der Waals surface area contributed by atoms with Gasteiger partial charge in [-0.1, -0.05) is 38.2 Å². The summed E-state index contributed by atoms with van der Waals surface area (Å²) in [5.74, 6) is -1.70. The predicted molar refractivity (Wildman–Crippen MR) is 150 cm³/mol. The van der Waals surface area contributed by atoms with Gasteiger partial charge in [0.15, 0.2) is 6.10 Å². The molecule has 222 valence electrons. The third-order valence-corrected chi connectivity index (χ3v) is 7.07. The molecular weight excluding hydrogens is 520 g/mol. The zero-order chi connectivity index (χ0) is 30.1. The smallest absolute Gasteiger partial charge is 0.405 e. The summed E-state index contributed by atoms with van der Waals surface area (Å²) in [5, 5.41) is 35.3. The van der Waals surface area contributed by atoms with Crippen LogP contribution in [0.4, 0.5) is 10.5 Å². The Labute approximate surface area is 235 Å². The lowest BCUT2D eigenvalue weighted by molar-refractivity contribution is -0.112. The van der Waals surface area contributed by atoms with Gasteiger partial charge in [0.25, 0.3) is 5.91 Å². The van der Waals surface area contributed by atoms with Gasteiger partial charge in [-0.2, -0.15) is 0 Å². The second-order valence-corrected chi connectivity index (χ2v) is 10.1. The summed E-state index contributed by atoms with van der Waals surface area (Å²) in [6.45, 7) is 6.97. The van der Waals surface area contributed by atoms with Gasteiger partial charge in [0, 0.05) is 44.5 Å². The van der Waals surface area contributed by atoms with E-state index in [0.717, 1.165) is 0 Å². The number of aromatic hydroxyl groups is 2. The zero-order valence-electron chi connectivity index (χ0n) is 24.1. The van der Waals surface area contributed by atoms with E-state index in [0.29, 0.717) is 12.0 Å². The standard InChI is InChI=1S/C29H42N2O9/c1-15-9-8-10-22(37-5)27(40-29(30)36)17(3)11-16(2)24(33)23(38-6)12-18(4)26(39-7)20-13-19(32)14-21(25(20)34)31-28(15)35/h8-11,13-14,16,18,22-24,26-27,32-34H,12H2,1-7H3,(H2,30,36)(H,31,35)/b10-8-,15-9-,17-11-/t16-,18-,22-,23-,24+,26+,27-/m0/s1. The molecule has 40 heavy (non-hydrogen) atoms. The van der Waals surface area contributed by atoms with Crippen molar-refractivity contribution in [3.8, 4) is 11.5 Å². The minimum atomic E-state index is -0.995. The molecule has 1 aliphatic heterocycles. The Kier molecular flexibility index (Phi) is 12.2. The van der Waals surface area contributed by atoms with E-state index in [-0.39, 0.29) is 34.2 Å². The Hall–Kier alpha value is -3.38. The molecule has 0 aromatic heterocycles. The zero-order valence-corrected chi connectivity index (χ0v) is 24.1. The third kappa shape index (κ3) is 8.31. The number of fused-ring (bicyclic) bond motifs is 2. The number of aliphatic hydroxyl groups is 1. The number of amides is 2. The first-order chi connectivity index (χ1) is 18.8. The maximum absolute atomic E-state index is 12.9. The van der Waals surface area contributed by atoms with Crippen LogP contribution in [0.2, 0.25) is 0 Å². The summed E-state index contributed by atoms with van der Waals surface area (Å²) in [6, 6.07) is 2.62. The topological polar surface area (TPSA) is 170 Å². The molecule has 0 unspecified atom stereocenters. The number of aliphatic hydroxyl groups excluding tert-OH is 1. The van der Waals surface area contributed by atoms with Crippen molar-refractivity contribution in [2.24, 2.45) is 17.6 Å². The van der Waals surface area contributed by atoms with Crippen molar-refractivity contribution in [1.29, 1.82) is 0 Å². The minimum Gasteiger partial charge on any atom is -0.508 e. The number of methoxy groups -OCH3 is 3. The maximum Gasteiger partial charge on any atom is 0.405 e. The molecule has 0 aliphatic carbocycles. The van der Waals surface area contributed by atoms with Crippen LogP contribution in [-0.4, -0.2) is 73.1 Å². The molecule has 0 saturated heterocycles. The highest BCUT2D eigenvalue weighted by Crippen LogP contribution is 2.41. The number of nitrogens with two attached hydrogens (primary N) is 1. The molecule has 7 atom stereocenters. The first-order valence-corrected chi connectivity index (χ1v) is 13.0. The molecule has 0 saturated carbocycles. The van der Waals surface area contributed by atoms with Crippen LogP contribution in [0, 0.1) is 11.8 Å². The number of ether oxygens (including phenoxy) is 4. The number of phenolic OH excluding ortho intramolecular Hbond substituents is 2. The maximum atomic E-state index is 12.9. The van der Waals surface area contributed by atoms with Crippen LogP contribution in [0.15, 0.2) is 47.6 Å². The van der Waals surface area contributed by atoms with Crippen LogP contribution < -0.4 is 11.1 Å². The summed E-state index contributed by atoms with van der Waals surface area (Å²) in [6.07, 6.45) is 1.78. The van der Waals surface area contributed by atoms with Crippen LogP contribution in [0.25, 0.3) is 0 Å². The average molecular weight is 563 g/mol. The van der Waals surface area contributed by atoms with Crippen LogP contribution in [-0.2, 0) is 23.7 Å². The fraction of sp³-hybridized carbons (Fsp3) is 0.517. The molecule has 6 N–H and O–H groups in total. The number of primary amides is 1. The highest BCUT2D eigenvalue weighted by Gasteiger charge is 2.32. The van der Waals surface area contributed by atoms with Gasteiger partial charge in [-0.25, -0.2) is 4.79 Å². The largest absolute Gasteiger partial charge is 0.508 e. The number of anilines is 1. The number of phenols is 2. The third-order valence-electron chi connectivity index (χ3n) is 7.07. The van der Waals surface area contributed by atoms with Gasteiger partial charge in [-0.3, -0.25) is 4.79 Å². The molecule has 11 nitrogen and oxygen atoms in total. The number of hydrogen-bond donors (Lipinski definition) is 5. The molecule has 11 heteroatoms. The molecule has 1 heterocycles. The van der Waals surface area contributed by atoms with E-state index in [2.05, 4.69) is 5.32 Å². The molecule has 0 radical (unpaired) electrons. The van der Waals surface area contributed by atoms with E-state index >= 15 is 0 Å². The number of benzene rings is 1. The lowest BCUT2D eigenvalue weighted by atomic mass is 9.86. The van der Waals surface area contributed by atoms with Crippen LogP contribution in [0.1, 0.15) is 45.8 Å². The molecule has 0 spiro atoms. The van der Waals surface area contributed by atoms with E-state index in [1.54, 1.807) is 39.0 Å². The first kappa shape index (κ1) is 32.8. The number of carbonyl (C=O) groups is 2. The second-order valence-electron chi connectivity index (χ2n) is 10.1. The van der Waals surface area contributed by atoms with Crippen LogP contribution in [0.5, 0.6) is 11.5 Å². The number of allylic oxidation sites excluding steroid dienone is 2. The monoisotopic (exact) mass is 562 g/mol. The van der Waals surface area contributed by atoms with E-state index in [1.165, 1.54) is 39.5 Å². The molecule has 1 aromatic carbocycles. The summed E-state index contributed by atoms with van der Waals surface area (Å²) in [4.78, 5) is 24.6. The quantitative estimate of drug-likeness (QED) is 0.209. The highest BCUT2D eigenvalue weighted by atomic mass is 16.6. The van der Waals surface area contributed by atoms with Gasteiger partial charge in [0.2, 0.25) is 0 Å². The van der Waals surface area contributed by atoms with Crippen molar-refractivity contribution >= 4 is 17.7 Å². The number of nitrogens with one attached hydrogen (secondary N) is 1. The molecule has 2 rings (SSSR count). The van der Waals surface area contributed by atoms with Gasteiger partial charge < -0.3 is 45.3 Å². The molecular formula is C29H42N2O9. The summed E-state index contributed by atoms with van der Waals surface area (Å²) < 4.78 is 22.3. The number of carbonyl (C=O) groups excluding carboxylic acids is 2. The van der Waals surface area contributed by atoms with Gasteiger partial charge in [0.1, 0.15) is 17.6 Å². The van der Waals surface area contributed by atoms with E-state index in [9.17, 15) is 24.9 Å². The normalized spacial score (nSPS) is 32.2. The second kappa shape index (κ2) is 14.8. The Balaban J connectivity index is 2.67. The van der Waals surface area contributed by atoms with Crippen molar-refractivity contribution in [3.05, 3.63) is 53.1 Å². The van der Waals surface area contributed by atoms with Gasteiger partial charge in [-0.05, 0) is 37.8 Å². The lowest BCUT2D eigenvalue weighted by Crippen LogP contribution is -2.37. The Morgan fingerprint density at radius 2 is 1.73 bits per heavy atom. The van der Waals surface area contributed by atoms with Crippen LogP contribution in [0.3, 0.4) is 0 Å². The molecule has 1 aromatic rings. The average Bonchev–Trinajstić information content (AvgIpc) is 2.90. The molecule has 2 amide bonds. The first-order valence-electron chi connectivity index (χ1n) is 13.0. The van der Waals surface area contributed by atoms with Crippen molar-refractivity contribution in [3.63, 3.8) is 0 Å². The van der Waals surface area contributed by atoms with Crippen molar-refractivity contribution < 1.29 is 43.9 Å².